The van der Waals surface area contributed by atoms with Gasteiger partial charge in [-0.2, -0.15) is 13.2 Å². The van der Waals surface area contributed by atoms with Gasteiger partial charge < -0.3 is 9.80 Å². The molecule has 0 radical (unpaired) electrons. The third-order valence-electron chi connectivity index (χ3n) is 3.42. The zero-order valence-electron chi connectivity index (χ0n) is 11.8. The fourth-order valence-corrected chi connectivity index (χ4v) is 3.00. The van der Waals surface area contributed by atoms with Crippen LogP contribution in [0.2, 0.25) is 0 Å². The zero-order valence-corrected chi connectivity index (χ0v) is 12.6. The van der Waals surface area contributed by atoms with Gasteiger partial charge in [-0.15, -0.1) is 10.2 Å². The molecule has 0 aliphatic carbocycles. The Hall–Kier alpha value is -2.23. The van der Waals surface area contributed by atoms with Crippen LogP contribution in [0.5, 0.6) is 0 Å². The molecule has 122 valence electrons. The minimum absolute atomic E-state index is 0.111. The molecule has 0 unspecified atom stereocenters. The highest BCUT2D eigenvalue weighted by Crippen LogP contribution is 2.34. The smallest absolute Gasteiger partial charge is 0.343 e. The van der Waals surface area contributed by atoms with Crippen molar-refractivity contribution in [1.82, 2.24) is 20.1 Å². The standard InChI is InChI=1S/C13H12F3N5OS/c14-13(15,16)11-18-19-12(23-11)21-7-5-20(6-8-21)10(22)9-1-3-17-4-2-9/h1-4H,5-8H2. The number of hydrogen-bond acceptors (Lipinski definition) is 6. The monoisotopic (exact) mass is 343 g/mol. The lowest BCUT2D eigenvalue weighted by Crippen LogP contribution is -2.48. The molecule has 0 aromatic carbocycles. The van der Waals surface area contributed by atoms with Gasteiger partial charge in [0.1, 0.15) is 0 Å². The lowest BCUT2D eigenvalue weighted by molar-refractivity contribution is -0.138. The fraction of sp³-hybridized carbons (Fsp3) is 0.385. The van der Waals surface area contributed by atoms with Crippen molar-refractivity contribution in [2.75, 3.05) is 31.1 Å². The van der Waals surface area contributed by atoms with Crippen molar-refractivity contribution in [3.63, 3.8) is 0 Å². The Morgan fingerprint density at radius 2 is 1.74 bits per heavy atom. The third-order valence-corrected chi connectivity index (χ3v) is 4.45. The largest absolute Gasteiger partial charge is 0.445 e. The van der Waals surface area contributed by atoms with Gasteiger partial charge in [0.2, 0.25) is 10.1 Å². The van der Waals surface area contributed by atoms with E-state index in [0.717, 1.165) is 0 Å². The number of halogens is 3. The van der Waals surface area contributed by atoms with Gasteiger partial charge >= 0.3 is 6.18 Å². The third kappa shape index (κ3) is 3.41. The maximum atomic E-state index is 12.6. The number of carbonyl (C=O) groups excluding carboxylic acids is 1. The summed E-state index contributed by atoms with van der Waals surface area (Å²) in [4.78, 5) is 19.5. The molecule has 3 rings (SSSR count). The highest BCUT2D eigenvalue weighted by atomic mass is 32.1. The molecular weight excluding hydrogens is 331 g/mol. The molecule has 3 heterocycles. The molecule has 2 aromatic heterocycles. The number of alkyl halides is 3. The number of aromatic nitrogens is 3. The van der Waals surface area contributed by atoms with Crippen molar-refractivity contribution in [1.29, 1.82) is 0 Å². The first-order valence-corrected chi connectivity index (χ1v) is 7.62. The Bertz CT molecular complexity index is 682. The molecule has 1 aliphatic rings. The molecule has 0 N–H and O–H groups in total. The first-order valence-electron chi connectivity index (χ1n) is 6.80. The van der Waals surface area contributed by atoms with E-state index in [-0.39, 0.29) is 11.0 Å². The topological polar surface area (TPSA) is 62.2 Å². The Balaban J connectivity index is 1.62. The summed E-state index contributed by atoms with van der Waals surface area (Å²) in [5.74, 6) is -0.111. The lowest BCUT2D eigenvalue weighted by atomic mass is 10.2. The van der Waals surface area contributed by atoms with Crippen LogP contribution in [0.1, 0.15) is 15.4 Å². The molecule has 6 nitrogen and oxygen atoms in total. The molecule has 1 fully saturated rings. The minimum atomic E-state index is -4.48. The Morgan fingerprint density at radius 3 is 2.30 bits per heavy atom. The summed E-state index contributed by atoms with van der Waals surface area (Å²) in [6, 6.07) is 3.27. The van der Waals surface area contributed by atoms with Gasteiger partial charge in [0, 0.05) is 44.1 Å². The molecule has 1 amide bonds. The highest BCUT2D eigenvalue weighted by Gasteiger charge is 2.36. The Kier molecular flexibility index (Phi) is 4.16. The number of amides is 1. The first kappa shape index (κ1) is 15.7. The molecule has 0 saturated carbocycles. The average molecular weight is 343 g/mol. The van der Waals surface area contributed by atoms with Gasteiger partial charge in [0.15, 0.2) is 0 Å². The fourth-order valence-electron chi connectivity index (χ4n) is 2.24. The predicted octanol–water partition coefficient (Wildman–Crippen LogP) is 1.91. The molecule has 0 bridgehead atoms. The van der Waals surface area contributed by atoms with Crippen LogP contribution in [-0.4, -0.2) is 52.2 Å². The summed E-state index contributed by atoms with van der Waals surface area (Å²) in [5.41, 5.74) is 0.545. The number of rotatable bonds is 2. The maximum absolute atomic E-state index is 12.6. The van der Waals surface area contributed by atoms with Gasteiger partial charge in [-0.25, -0.2) is 0 Å². The quantitative estimate of drug-likeness (QED) is 0.834. The first-order chi connectivity index (χ1) is 10.9. The normalized spacial score (nSPS) is 15.8. The summed E-state index contributed by atoms with van der Waals surface area (Å²) < 4.78 is 37.7. The predicted molar refractivity (Wildman–Crippen MR) is 77.3 cm³/mol. The second-order valence-electron chi connectivity index (χ2n) is 4.90. The van der Waals surface area contributed by atoms with Gasteiger partial charge in [0.25, 0.3) is 5.91 Å². The van der Waals surface area contributed by atoms with Crippen LogP contribution in [0.3, 0.4) is 0 Å². The van der Waals surface area contributed by atoms with Crippen LogP contribution < -0.4 is 4.90 Å². The van der Waals surface area contributed by atoms with Gasteiger partial charge in [-0.3, -0.25) is 9.78 Å². The number of nitrogens with zero attached hydrogens (tertiary/aromatic N) is 5. The summed E-state index contributed by atoms with van der Waals surface area (Å²) in [5, 5.41) is 6.05. The van der Waals surface area contributed by atoms with Crippen molar-refractivity contribution in [3.05, 3.63) is 35.1 Å². The van der Waals surface area contributed by atoms with Crippen LogP contribution in [0.25, 0.3) is 0 Å². The summed E-state index contributed by atoms with van der Waals surface area (Å²) in [6.45, 7) is 1.68. The van der Waals surface area contributed by atoms with E-state index in [2.05, 4.69) is 15.2 Å². The van der Waals surface area contributed by atoms with Crippen molar-refractivity contribution < 1.29 is 18.0 Å². The average Bonchev–Trinajstić information content (AvgIpc) is 3.05. The molecule has 23 heavy (non-hydrogen) atoms. The Labute approximate surface area is 133 Å². The second kappa shape index (κ2) is 6.11. The SMILES string of the molecule is O=C(c1ccncc1)N1CCN(c2nnc(C(F)(F)F)s2)CC1. The molecular formula is C13H12F3N5OS. The van der Waals surface area contributed by atoms with E-state index in [1.807, 2.05) is 0 Å². The van der Waals surface area contributed by atoms with Crippen LogP contribution in [0.4, 0.5) is 18.3 Å². The number of carbonyl (C=O) groups is 1. The van der Waals surface area contributed by atoms with Crippen LogP contribution >= 0.6 is 11.3 Å². The van der Waals surface area contributed by atoms with Gasteiger partial charge in [-0.1, -0.05) is 11.3 Å². The molecule has 0 spiro atoms. The van der Waals surface area contributed by atoms with E-state index in [1.54, 1.807) is 34.3 Å². The maximum Gasteiger partial charge on any atom is 0.445 e. The second-order valence-corrected chi connectivity index (χ2v) is 5.86. The van der Waals surface area contributed by atoms with E-state index in [9.17, 15) is 18.0 Å². The lowest BCUT2D eigenvalue weighted by Gasteiger charge is -2.34. The van der Waals surface area contributed by atoms with E-state index in [0.29, 0.717) is 43.1 Å². The van der Waals surface area contributed by atoms with Crippen molar-refractivity contribution in [3.8, 4) is 0 Å². The highest BCUT2D eigenvalue weighted by molar-refractivity contribution is 7.15. The number of hydrogen-bond donors (Lipinski definition) is 0. The summed E-state index contributed by atoms with van der Waals surface area (Å²) >= 11 is 0.519. The Morgan fingerprint density at radius 1 is 1.09 bits per heavy atom. The zero-order chi connectivity index (χ0) is 16.4. The molecule has 1 saturated heterocycles. The molecule has 1 aliphatic heterocycles. The minimum Gasteiger partial charge on any atom is -0.343 e. The van der Waals surface area contributed by atoms with Gasteiger partial charge in [0.05, 0.1) is 0 Å². The van der Waals surface area contributed by atoms with Crippen LogP contribution in [-0.2, 0) is 6.18 Å². The van der Waals surface area contributed by atoms with Crippen molar-refractivity contribution >= 4 is 22.4 Å². The van der Waals surface area contributed by atoms with Crippen LogP contribution in [0, 0.1) is 0 Å². The number of piperazine rings is 1. The number of pyridine rings is 1. The van der Waals surface area contributed by atoms with E-state index >= 15 is 0 Å². The summed E-state index contributed by atoms with van der Waals surface area (Å²) in [6.07, 6.45) is -1.39. The van der Waals surface area contributed by atoms with Gasteiger partial charge in [-0.05, 0) is 12.1 Å². The number of anilines is 1. The van der Waals surface area contributed by atoms with E-state index in [1.165, 1.54) is 0 Å². The van der Waals surface area contributed by atoms with E-state index < -0.39 is 11.2 Å². The van der Waals surface area contributed by atoms with Crippen LogP contribution in [0.15, 0.2) is 24.5 Å². The van der Waals surface area contributed by atoms with Crippen molar-refractivity contribution in [2.45, 2.75) is 6.18 Å². The molecule has 0 atom stereocenters. The summed E-state index contributed by atoms with van der Waals surface area (Å²) in [7, 11) is 0. The molecule has 2 aromatic rings. The van der Waals surface area contributed by atoms with E-state index in [4.69, 9.17) is 0 Å². The van der Waals surface area contributed by atoms with Crippen molar-refractivity contribution in [2.24, 2.45) is 0 Å². The molecule has 10 heteroatoms.